The van der Waals surface area contributed by atoms with E-state index in [1.54, 1.807) is 6.26 Å². The van der Waals surface area contributed by atoms with Crippen molar-refractivity contribution in [2.75, 3.05) is 39.3 Å². The van der Waals surface area contributed by atoms with Crippen LogP contribution >= 0.6 is 0 Å². The number of hydrogen-bond acceptors (Lipinski definition) is 4. The van der Waals surface area contributed by atoms with E-state index in [1.807, 2.05) is 13.0 Å². The fourth-order valence-electron chi connectivity index (χ4n) is 3.09. The first kappa shape index (κ1) is 21.7. The number of hydrogen-bond donors (Lipinski definition) is 1. The minimum atomic E-state index is -4.34. The summed E-state index contributed by atoms with van der Waals surface area (Å²) in [6.07, 6.45) is -2.76. The Kier molecular flexibility index (Phi) is 7.36. The molecular formula is C21H24F3N5O. The first-order valence-electron chi connectivity index (χ1n) is 9.76. The van der Waals surface area contributed by atoms with Crippen LogP contribution in [0.3, 0.4) is 0 Å². The number of piperazine rings is 1. The number of halogens is 3. The van der Waals surface area contributed by atoms with Gasteiger partial charge in [0.15, 0.2) is 5.96 Å². The third-order valence-corrected chi connectivity index (χ3v) is 4.64. The van der Waals surface area contributed by atoms with E-state index in [4.69, 9.17) is 4.52 Å². The molecule has 9 heteroatoms. The van der Waals surface area contributed by atoms with Crippen molar-refractivity contribution in [2.45, 2.75) is 19.6 Å². The van der Waals surface area contributed by atoms with E-state index in [9.17, 15) is 13.2 Å². The molecule has 0 radical (unpaired) electrons. The molecule has 1 aliphatic rings. The Morgan fingerprint density at radius 2 is 1.90 bits per heavy atom. The summed E-state index contributed by atoms with van der Waals surface area (Å²) < 4.78 is 42.7. The van der Waals surface area contributed by atoms with Crippen LogP contribution in [-0.2, 0) is 12.7 Å². The van der Waals surface area contributed by atoms with Crippen LogP contribution in [0.2, 0.25) is 0 Å². The standard InChI is InChI=1S/C21H24F3N5O/c1-2-25-20(29-13-11-28(12-14-29)16-19-9-15-30-27-19)26-10-3-4-17-5-7-18(8-6-17)21(22,23)24/h5-9,15H,2,10-14,16H2,1H3,(H,25,26). The number of nitrogens with one attached hydrogen (secondary N) is 1. The zero-order valence-electron chi connectivity index (χ0n) is 16.7. The number of alkyl halides is 3. The lowest BCUT2D eigenvalue weighted by atomic mass is 10.1. The molecule has 0 saturated carbocycles. The van der Waals surface area contributed by atoms with Crippen molar-refractivity contribution < 1.29 is 17.7 Å². The van der Waals surface area contributed by atoms with Crippen LogP contribution in [0.4, 0.5) is 13.2 Å². The number of benzene rings is 1. The van der Waals surface area contributed by atoms with Gasteiger partial charge in [-0.3, -0.25) is 4.90 Å². The van der Waals surface area contributed by atoms with Crippen molar-refractivity contribution in [3.63, 3.8) is 0 Å². The highest BCUT2D eigenvalue weighted by Crippen LogP contribution is 2.28. The summed E-state index contributed by atoms with van der Waals surface area (Å²) in [5.74, 6) is 6.56. The molecule has 0 unspecified atom stereocenters. The Labute approximate surface area is 173 Å². The molecule has 0 aliphatic carbocycles. The van der Waals surface area contributed by atoms with Gasteiger partial charge in [-0.15, -0.1) is 0 Å². The maximum Gasteiger partial charge on any atom is 0.416 e. The summed E-state index contributed by atoms with van der Waals surface area (Å²) in [6.45, 7) is 7.20. The molecule has 1 N–H and O–H groups in total. The SMILES string of the molecule is CCNC(=NCC#Cc1ccc(C(F)(F)F)cc1)N1CCN(Cc2ccon2)CC1. The van der Waals surface area contributed by atoms with E-state index in [1.165, 1.54) is 12.1 Å². The second-order valence-electron chi connectivity index (χ2n) is 6.80. The minimum Gasteiger partial charge on any atom is -0.364 e. The molecule has 1 fully saturated rings. The summed E-state index contributed by atoms with van der Waals surface area (Å²) in [6, 6.07) is 6.69. The fourth-order valence-corrected chi connectivity index (χ4v) is 3.09. The molecule has 160 valence electrons. The highest BCUT2D eigenvalue weighted by Gasteiger charge is 2.29. The third-order valence-electron chi connectivity index (χ3n) is 4.64. The van der Waals surface area contributed by atoms with Gasteiger partial charge in [0.1, 0.15) is 12.8 Å². The van der Waals surface area contributed by atoms with Crippen molar-refractivity contribution in [3.8, 4) is 11.8 Å². The lowest BCUT2D eigenvalue weighted by molar-refractivity contribution is -0.137. The molecule has 30 heavy (non-hydrogen) atoms. The fraction of sp³-hybridized carbons (Fsp3) is 0.429. The van der Waals surface area contributed by atoms with Crippen molar-refractivity contribution in [3.05, 3.63) is 53.4 Å². The van der Waals surface area contributed by atoms with Crippen LogP contribution in [0.5, 0.6) is 0 Å². The molecular weight excluding hydrogens is 395 g/mol. The Bertz CT molecular complexity index is 874. The van der Waals surface area contributed by atoms with Gasteiger partial charge in [0.05, 0.1) is 11.3 Å². The Hall–Kier alpha value is -2.99. The maximum absolute atomic E-state index is 12.6. The lowest BCUT2D eigenvalue weighted by Crippen LogP contribution is -2.52. The summed E-state index contributed by atoms with van der Waals surface area (Å²) in [7, 11) is 0. The predicted octanol–water partition coefficient (Wildman–Crippen LogP) is 2.83. The van der Waals surface area contributed by atoms with E-state index in [0.29, 0.717) is 5.56 Å². The molecule has 1 aliphatic heterocycles. The molecule has 0 amide bonds. The normalized spacial score (nSPS) is 15.6. The van der Waals surface area contributed by atoms with Crippen molar-refractivity contribution in [1.29, 1.82) is 0 Å². The van der Waals surface area contributed by atoms with Crippen molar-refractivity contribution in [2.24, 2.45) is 4.99 Å². The summed E-state index contributed by atoms with van der Waals surface area (Å²) in [4.78, 5) is 9.03. The predicted molar refractivity (Wildman–Crippen MR) is 108 cm³/mol. The molecule has 3 rings (SSSR count). The number of rotatable bonds is 4. The molecule has 0 atom stereocenters. The molecule has 6 nitrogen and oxygen atoms in total. The molecule has 1 saturated heterocycles. The second-order valence-corrected chi connectivity index (χ2v) is 6.80. The van der Waals surface area contributed by atoms with E-state index < -0.39 is 11.7 Å². The minimum absolute atomic E-state index is 0.266. The smallest absolute Gasteiger partial charge is 0.364 e. The van der Waals surface area contributed by atoms with E-state index in [2.05, 4.69) is 37.1 Å². The van der Waals surface area contributed by atoms with Crippen LogP contribution < -0.4 is 5.32 Å². The first-order valence-corrected chi connectivity index (χ1v) is 9.76. The van der Waals surface area contributed by atoms with Crippen LogP contribution in [0, 0.1) is 11.8 Å². The summed E-state index contributed by atoms with van der Waals surface area (Å²) >= 11 is 0. The molecule has 2 aromatic rings. The summed E-state index contributed by atoms with van der Waals surface area (Å²) in [5, 5.41) is 7.22. The van der Waals surface area contributed by atoms with Gasteiger partial charge in [0.25, 0.3) is 0 Å². The average molecular weight is 419 g/mol. The quantitative estimate of drug-likeness (QED) is 0.469. The van der Waals surface area contributed by atoms with E-state index in [-0.39, 0.29) is 6.54 Å². The lowest BCUT2D eigenvalue weighted by Gasteiger charge is -2.36. The summed E-state index contributed by atoms with van der Waals surface area (Å²) in [5.41, 5.74) is 0.774. The second kappa shape index (κ2) is 10.2. The highest BCUT2D eigenvalue weighted by molar-refractivity contribution is 5.80. The maximum atomic E-state index is 12.6. The van der Waals surface area contributed by atoms with Gasteiger partial charge in [0, 0.05) is 50.9 Å². The molecule has 1 aromatic carbocycles. The van der Waals surface area contributed by atoms with Crippen LogP contribution in [0.25, 0.3) is 0 Å². The Morgan fingerprint density at radius 1 is 1.17 bits per heavy atom. The van der Waals surface area contributed by atoms with Crippen LogP contribution in [0.15, 0.2) is 46.1 Å². The van der Waals surface area contributed by atoms with E-state index >= 15 is 0 Å². The van der Waals surface area contributed by atoms with Crippen molar-refractivity contribution >= 4 is 5.96 Å². The molecule has 1 aromatic heterocycles. The number of nitrogens with zero attached hydrogens (tertiary/aromatic N) is 4. The third kappa shape index (κ3) is 6.26. The first-order chi connectivity index (χ1) is 14.5. The zero-order chi connectivity index (χ0) is 21.4. The van der Waals surface area contributed by atoms with Gasteiger partial charge in [-0.25, -0.2) is 4.99 Å². The molecule has 2 heterocycles. The highest BCUT2D eigenvalue weighted by atomic mass is 19.4. The molecule has 0 spiro atoms. The average Bonchev–Trinajstić information content (AvgIpc) is 3.24. The van der Waals surface area contributed by atoms with Gasteiger partial charge in [-0.2, -0.15) is 13.2 Å². The van der Waals surface area contributed by atoms with Gasteiger partial charge in [0.2, 0.25) is 0 Å². The van der Waals surface area contributed by atoms with Gasteiger partial charge in [-0.05, 0) is 31.2 Å². The van der Waals surface area contributed by atoms with Crippen LogP contribution in [-0.4, -0.2) is 60.2 Å². The Balaban J connectivity index is 1.53. The van der Waals surface area contributed by atoms with Gasteiger partial charge in [-0.1, -0.05) is 17.0 Å². The van der Waals surface area contributed by atoms with E-state index in [0.717, 1.165) is 63.1 Å². The number of aliphatic imine (C=N–C) groups is 1. The zero-order valence-corrected chi connectivity index (χ0v) is 16.7. The topological polar surface area (TPSA) is 56.9 Å². The number of guanidine groups is 1. The monoisotopic (exact) mass is 419 g/mol. The molecule has 0 bridgehead atoms. The Morgan fingerprint density at radius 3 is 2.50 bits per heavy atom. The number of aromatic nitrogens is 1. The van der Waals surface area contributed by atoms with Gasteiger partial charge >= 0.3 is 6.18 Å². The van der Waals surface area contributed by atoms with Crippen molar-refractivity contribution in [1.82, 2.24) is 20.3 Å². The van der Waals surface area contributed by atoms with Crippen LogP contribution in [0.1, 0.15) is 23.7 Å². The largest absolute Gasteiger partial charge is 0.416 e. The van der Waals surface area contributed by atoms with Gasteiger partial charge < -0.3 is 14.7 Å².